The quantitative estimate of drug-likeness (QED) is 0.0321. The summed E-state index contributed by atoms with van der Waals surface area (Å²) in [5, 5.41) is 23.8. The molecule has 0 radical (unpaired) electrons. The standard InChI is InChI=1S/C60H105NO5/c1-4-7-10-13-16-19-22-25-28-29-32-35-38-41-44-47-50-53-60(65)66-56(51-48-45-42-39-36-33-30-26-23-20-17-14-11-8-5-2)54-59(64)61-57(55-62)58(63)52-49-46-43-40-37-34-31-27-24-21-18-15-12-9-6-3/h7,10,16-17,19-20,25-26,28,30,32,35,41,44,56-58,62-63H,4-6,8-9,11-15,18,21-24,27,29,31,33-34,36-40,42-43,45-55H2,1-3H3,(H,61,64)/b10-7-,19-16-,20-17-,28-25-,30-26-,35-32-,44-41-. The molecule has 0 aliphatic carbocycles. The summed E-state index contributed by atoms with van der Waals surface area (Å²) in [5.41, 5.74) is 0. The van der Waals surface area contributed by atoms with Gasteiger partial charge in [0.2, 0.25) is 5.91 Å². The summed E-state index contributed by atoms with van der Waals surface area (Å²) < 4.78 is 5.92. The minimum Gasteiger partial charge on any atom is -0.462 e. The van der Waals surface area contributed by atoms with Crippen molar-refractivity contribution in [3.8, 4) is 0 Å². The highest BCUT2D eigenvalue weighted by Gasteiger charge is 2.24. The van der Waals surface area contributed by atoms with Gasteiger partial charge >= 0.3 is 5.97 Å². The summed E-state index contributed by atoms with van der Waals surface area (Å²) >= 11 is 0. The van der Waals surface area contributed by atoms with Crippen LogP contribution in [0.25, 0.3) is 0 Å². The van der Waals surface area contributed by atoms with Gasteiger partial charge in [-0.1, -0.05) is 234 Å². The zero-order chi connectivity index (χ0) is 48.1. The number of hydrogen-bond donors (Lipinski definition) is 3. The van der Waals surface area contributed by atoms with Gasteiger partial charge in [-0.3, -0.25) is 9.59 Å². The molecular weight excluding hydrogens is 815 g/mol. The molecule has 6 nitrogen and oxygen atoms in total. The molecule has 6 heteroatoms. The van der Waals surface area contributed by atoms with Gasteiger partial charge in [-0.05, 0) is 96.3 Å². The molecule has 0 aromatic rings. The Hall–Kier alpha value is -2.96. The Bertz CT molecular complexity index is 1260. The van der Waals surface area contributed by atoms with Crippen LogP contribution in [0.4, 0.5) is 0 Å². The van der Waals surface area contributed by atoms with Gasteiger partial charge in [0.15, 0.2) is 0 Å². The molecule has 1 amide bonds. The van der Waals surface area contributed by atoms with Gasteiger partial charge in [-0.2, -0.15) is 0 Å². The molecule has 0 saturated heterocycles. The van der Waals surface area contributed by atoms with Gasteiger partial charge in [-0.25, -0.2) is 0 Å². The van der Waals surface area contributed by atoms with Crippen molar-refractivity contribution in [1.29, 1.82) is 0 Å². The molecule has 0 bridgehead atoms. The number of rotatable bonds is 49. The number of aliphatic hydroxyl groups is 2. The minimum absolute atomic E-state index is 0.0422. The van der Waals surface area contributed by atoms with Crippen LogP contribution in [0, 0.1) is 0 Å². The first-order valence-corrected chi connectivity index (χ1v) is 27.8. The lowest BCUT2D eigenvalue weighted by molar-refractivity contribution is -0.151. The smallest absolute Gasteiger partial charge is 0.306 e. The third-order valence-electron chi connectivity index (χ3n) is 12.2. The van der Waals surface area contributed by atoms with Crippen LogP contribution in [0.5, 0.6) is 0 Å². The highest BCUT2D eigenvalue weighted by Crippen LogP contribution is 2.17. The molecule has 0 aromatic carbocycles. The van der Waals surface area contributed by atoms with Gasteiger partial charge in [-0.15, -0.1) is 0 Å². The van der Waals surface area contributed by atoms with E-state index in [-0.39, 0.29) is 24.9 Å². The van der Waals surface area contributed by atoms with Crippen molar-refractivity contribution in [2.75, 3.05) is 6.61 Å². The van der Waals surface area contributed by atoms with Crippen LogP contribution >= 0.6 is 0 Å². The molecule has 0 heterocycles. The normalized spacial score (nSPS) is 13.8. The van der Waals surface area contributed by atoms with E-state index >= 15 is 0 Å². The third-order valence-corrected chi connectivity index (χ3v) is 12.2. The molecule has 0 fully saturated rings. The Morgan fingerprint density at radius 3 is 1.27 bits per heavy atom. The Kier molecular flexibility index (Phi) is 50.6. The number of esters is 1. The maximum Gasteiger partial charge on any atom is 0.306 e. The van der Waals surface area contributed by atoms with E-state index in [0.717, 1.165) is 96.3 Å². The molecule has 0 spiro atoms. The summed E-state index contributed by atoms with van der Waals surface area (Å²) in [4.78, 5) is 26.2. The van der Waals surface area contributed by atoms with E-state index < -0.39 is 18.2 Å². The molecule has 380 valence electrons. The maximum atomic E-state index is 13.2. The van der Waals surface area contributed by atoms with Gasteiger partial charge in [0.05, 0.1) is 25.2 Å². The van der Waals surface area contributed by atoms with E-state index in [1.165, 1.54) is 109 Å². The fourth-order valence-corrected chi connectivity index (χ4v) is 8.03. The fraction of sp³-hybridized carbons (Fsp3) is 0.733. The number of carbonyl (C=O) groups excluding carboxylic acids is 2. The van der Waals surface area contributed by atoms with Crippen molar-refractivity contribution in [2.45, 2.75) is 277 Å². The van der Waals surface area contributed by atoms with Gasteiger partial charge < -0.3 is 20.3 Å². The average Bonchev–Trinajstić information content (AvgIpc) is 3.31. The predicted molar refractivity (Wildman–Crippen MR) is 287 cm³/mol. The molecule has 0 saturated carbocycles. The van der Waals surface area contributed by atoms with Crippen molar-refractivity contribution in [1.82, 2.24) is 5.32 Å². The summed E-state index contributed by atoms with van der Waals surface area (Å²) in [6.07, 6.45) is 69.3. The zero-order valence-electron chi connectivity index (χ0n) is 43.3. The monoisotopic (exact) mass is 920 g/mol. The van der Waals surface area contributed by atoms with Crippen LogP contribution in [0.15, 0.2) is 85.1 Å². The largest absolute Gasteiger partial charge is 0.462 e. The van der Waals surface area contributed by atoms with Crippen LogP contribution in [0.2, 0.25) is 0 Å². The van der Waals surface area contributed by atoms with Crippen LogP contribution in [0.3, 0.4) is 0 Å². The maximum absolute atomic E-state index is 13.2. The number of ether oxygens (including phenoxy) is 1. The number of amides is 1. The Balaban J connectivity index is 4.68. The highest BCUT2D eigenvalue weighted by molar-refractivity contribution is 5.77. The van der Waals surface area contributed by atoms with Crippen molar-refractivity contribution >= 4 is 11.9 Å². The van der Waals surface area contributed by atoms with Gasteiger partial charge in [0.25, 0.3) is 0 Å². The van der Waals surface area contributed by atoms with Crippen LogP contribution in [0.1, 0.15) is 258 Å². The van der Waals surface area contributed by atoms with Gasteiger partial charge in [0, 0.05) is 6.42 Å². The lowest BCUT2D eigenvalue weighted by Crippen LogP contribution is -2.46. The first-order valence-electron chi connectivity index (χ1n) is 27.8. The number of hydrogen-bond acceptors (Lipinski definition) is 5. The summed E-state index contributed by atoms with van der Waals surface area (Å²) in [6, 6.07) is -0.722. The molecule has 0 aliphatic rings. The molecule has 3 N–H and O–H groups in total. The van der Waals surface area contributed by atoms with E-state index in [9.17, 15) is 19.8 Å². The van der Waals surface area contributed by atoms with Crippen LogP contribution < -0.4 is 5.32 Å². The SMILES string of the molecule is CC/C=C\C/C=C\C/C=C\C/C=C\C/C=C\CCCC(=O)OC(CCCCCCC/C=C\C/C=C\CCCCC)CC(=O)NC(CO)C(O)CCCCCCCCCCCCCCCCC. The molecule has 66 heavy (non-hydrogen) atoms. The molecule has 0 rings (SSSR count). The van der Waals surface area contributed by atoms with Crippen molar-refractivity contribution < 1.29 is 24.5 Å². The Morgan fingerprint density at radius 1 is 0.455 bits per heavy atom. The fourth-order valence-electron chi connectivity index (χ4n) is 8.03. The second-order valence-corrected chi connectivity index (χ2v) is 18.6. The lowest BCUT2D eigenvalue weighted by atomic mass is 10.0. The second kappa shape index (κ2) is 53.0. The molecule has 0 aliphatic heterocycles. The van der Waals surface area contributed by atoms with Crippen LogP contribution in [-0.2, 0) is 14.3 Å². The van der Waals surface area contributed by atoms with E-state index in [2.05, 4.69) is 111 Å². The third kappa shape index (κ3) is 47.5. The number of nitrogens with one attached hydrogen (secondary N) is 1. The van der Waals surface area contributed by atoms with Crippen molar-refractivity contribution in [3.63, 3.8) is 0 Å². The average molecular weight is 921 g/mol. The molecule has 3 unspecified atom stereocenters. The topological polar surface area (TPSA) is 95.9 Å². The number of carbonyl (C=O) groups is 2. The van der Waals surface area contributed by atoms with Crippen LogP contribution in [-0.4, -0.2) is 46.9 Å². The summed E-state index contributed by atoms with van der Waals surface area (Å²) in [5.74, 6) is -0.557. The van der Waals surface area contributed by atoms with E-state index in [4.69, 9.17) is 4.74 Å². The highest BCUT2D eigenvalue weighted by atomic mass is 16.5. The number of allylic oxidation sites excluding steroid dienone is 14. The number of unbranched alkanes of at least 4 members (excludes halogenated alkanes) is 23. The van der Waals surface area contributed by atoms with Crippen molar-refractivity contribution in [3.05, 3.63) is 85.1 Å². The van der Waals surface area contributed by atoms with E-state index in [1.54, 1.807) is 0 Å². The first kappa shape index (κ1) is 63.0. The van der Waals surface area contributed by atoms with E-state index in [0.29, 0.717) is 25.7 Å². The minimum atomic E-state index is -0.806. The Morgan fingerprint density at radius 2 is 0.818 bits per heavy atom. The predicted octanol–water partition coefficient (Wildman–Crippen LogP) is 17.1. The summed E-state index contributed by atoms with van der Waals surface area (Å²) in [7, 11) is 0. The Labute approximate surface area is 408 Å². The first-order chi connectivity index (χ1) is 32.5. The molecule has 0 aromatic heterocycles. The second-order valence-electron chi connectivity index (χ2n) is 18.6. The van der Waals surface area contributed by atoms with Gasteiger partial charge in [0.1, 0.15) is 6.10 Å². The summed E-state index contributed by atoms with van der Waals surface area (Å²) in [6.45, 7) is 6.34. The van der Waals surface area contributed by atoms with Crippen molar-refractivity contribution in [2.24, 2.45) is 0 Å². The van der Waals surface area contributed by atoms with E-state index in [1.807, 2.05) is 0 Å². The molecule has 3 atom stereocenters. The lowest BCUT2D eigenvalue weighted by Gasteiger charge is -2.24. The zero-order valence-corrected chi connectivity index (χ0v) is 43.3. The number of aliphatic hydroxyl groups excluding tert-OH is 2. The molecular formula is C60H105NO5.